The molecule has 1 unspecified atom stereocenters. The Hall–Kier alpha value is -2.58. The van der Waals surface area contributed by atoms with Gasteiger partial charge in [-0.05, 0) is 50.2 Å². The number of sulfone groups is 1. The fourth-order valence-corrected chi connectivity index (χ4v) is 4.32. The van der Waals surface area contributed by atoms with E-state index in [1.807, 2.05) is 24.4 Å². The van der Waals surface area contributed by atoms with Gasteiger partial charge in [-0.15, -0.1) is 11.3 Å². The van der Waals surface area contributed by atoms with Crippen LogP contribution in [-0.2, 0) is 14.6 Å². The lowest BCUT2D eigenvalue weighted by molar-refractivity contribution is -0.115. The summed E-state index contributed by atoms with van der Waals surface area (Å²) in [4.78, 5) is 16.7. The number of benzene rings is 2. The molecule has 1 aromatic heterocycles. The molecule has 1 amide bonds. The molecule has 27 heavy (non-hydrogen) atoms. The largest absolute Gasteiger partial charge is 0.325 e. The quantitative estimate of drug-likeness (QED) is 0.651. The molecule has 0 radical (unpaired) electrons. The van der Waals surface area contributed by atoms with Crippen molar-refractivity contribution >= 4 is 32.8 Å². The number of aromatic nitrogens is 1. The van der Waals surface area contributed by atoms with Crippen molar-refractivity contribution in [3.05, 3.63) is 64.7 Å². The third-order valence-electron chi connectivity index (χ3n) is 4.04. The number of amides is 1. The molecular formula is C19H17FN2O3S2. The van der Waals surface area contributed by atoms with Crippen LogP contribution < -0.4 is 5.32 Å². The van der Waals surface area contributed by atoms with E-state index >= 15 is 0 Å². The van der Waals surface area contributed by atoms with Crippen LogP contribution in [0.2, 0.25) is 0 Å². The molecule has 140 valence electrons. The van der Waals surface area contributed by atoms with Crippen molar-refractivity contribution in [3.63, 3.8) is 0 Å². The third kappa shape index (κ3) is 4.23. The Morgan fingerprint density at radius 2 is 1.74 bits per heavy atom. The van der Waals surface area contributed by atoms with E-state index in [0.717, 1.165) is 40.5 Å². The second-order valence-electron chi connectivity index (χ2n) is 5.96. The number of hydrogen-bond donors (Lipinski definition) is 1. The number of hydrogen-bond acceptors (Lipinski definition) is 5. The van der Waals surface area contributed by atoms with Gasteiger partial charge in [0.05, 0.1) is 15.6 Å². The molecule has 1 heterocycles. The molecule has 5 nitrogen and oxygen atoms in total. The number of carbonyl (C=O) groups excluding carboxylic acids is 1. The zero-order valence-electron chi connectivity index (χ0n) is 14.6. The molecule has 0 aliphatic rings. The van der Waals surface area contributed by atoms with Gasteiger partial charge < -0.3 is 5.32 Å². The zero-order valence-corrected chi connectivity index (χ0v) is 16.3. The number of rotatable bonds is 5. The third-order valence-corrected chi connectivity index (χ3v) is 6.89. The number of nitrogens with zero attached hydrogens (tertiary/aromatic N) is 1. The zero-order chi connectivity index (χ0) is 19.6. The van der Waals surface area contributed by atoms with Crippen molar-refractivity contribution in [1.29, 1.82) is 0 Å². The highest BCUT2D eigenvalue weighted by Gasteiger charge is 2.29. The number of thiazole rings is 1. The van der Waals surface area contributed by atoms with Gasteiger partial charge in [-0.3, -0.25) is 4.79 Å². The molecule has 1 N–H and O–H groups in total. The molecule has 3 rings (SSSR count). The van der Waals surface area contributed by atoms with E-state index in [-0.39, 0.29) is 4.90 Å². The molecule has 1 atom stereocenters. The van der Waals surface area contributed by atoms with E-state index in [4.69, 9.17) is 0 Å². The van der Waals surface area contributed by atoms with Gasteiger partial charge >= 0.3 is 0 Å². The molecule has 2 aromatic carbocycles. The topological polar surface area (TPSA) is 76.1 Å². The van der Waals surface area contributed by atoms with Crippen LogP contribution in [-0.4, -0.2) is 24.6 Å². The lowest BCUT2D eigenvalue weighted by Gasteiger charge is -2.13. The molecule has 0 saturated carbocycles. The maximum Gasteiger partial charge on any atom is 0.242 e. The molecule has 0 spiro atoms. The predicted molar refractivity (Wildman–Crippen MR) is 104 cm³/mol. The van der Waals surface area contributed by atoms with E-state index in [0.29, 0.717) is 5.69 Å². The van der Waals surface area contributed by atoms with Crippen LogP contribution >= 0.6 is 11.3 Å². The Morgan fingerprint density at radius 3 is 2.30 bits per heavy atom. The maximum atomic E-state index is 13.0. The molecule has 3 aromatic rings. The minimum atomic E-state index is -3.91. The Balaban J connectivity index is 1.73. The number of aryl methyl sites for hydroxylation is 1. The summed E-state index contributed by atoms with van der Waals surface area (Å²) >= 11 is 1.55. The second kappa shape index (κ2) is 7.58. The van der Waals surface area contributed by atoms with Crippen LogP contribution in [0.1, 0.15) is 11.9 Å². The summed E-state index contributed by atoms with van der Waals surface area (Å²) < 4.78 is 38.1. The Kier molecular flexibility index (Phi) is 5.38. The number of carbonyl (C=O) groups is 1. The van der Waals surface area contributed by atoms with Gasteiger partial charge in [-0.1, -0.05) is 12.1 Å². The maximum absolute atomic E-state index is 13.0. The van der Waals surface area contributed by atoms with E-state index in [9.17, 15) is 17.6 Å². The predicted octanol–water partition coefficient (Wildman–Crippen LogP) is 4.06. The Morgan fingerprint density at radius 1 is 1.11 bits per heavy atom. The molecule has 0 saturated heterocycles. The van der Waals surface area contributed by atoms with Gasteiger partial charge in [0.25, 0.3) is 0 Å². The molecule has 0 aliphatic carbocycles. The Bertz CT molecular complexity index is 1060. The fourth-order valence-electron chi connectivity index (χ4n) is 2.43. The van der Waals surface area contributed by atoms with E-state index < -0.39 is 26.8 Å². The smallest absolute Gasteiger partial charge is 0.242 e. The summed E-state index contributed by atoms with van der Waals surface area (Å²) in [6.45, 7) is 3.23. The standard InChI is InChI=1S/C19H17FN2O3S2/c1-12(27(24,25)17-9-5-15(20)6-10-17)19(23)22-16-7-3-14(4-8-16)18-11-26-13(2)21-18/h3-12H,1-2H3,(H,22,23). The first-order valence-corrected chi connectivity index (χ1v) is 10.5. The SMILES string of the molecule is Cc1nc(-c2ccc(NC(=O)C(C)S(=O)(=O)c3ccc(F)cc3)cc2)cs1. The van der Waals surface area contributed by atoms with Gasteiger partial charge in [-0.2, -0.15) is 0 Å². The fraction of sp³-hybridized carbons (Fsp3) is 0.158. The van der Waals surface area contributed by atoms with Gasteiger partial charge in [0.15, 0.2) is 9.84 Å². The van der Waals surface area contributed by atoms with Gasteiger partial charge in [-0.25, -0.2) is 17.8 Å². The minimum absolute atomic E-state index is 0.0965. The lowest BCUT2D eigenvalue weighted by atomic mass is 10.1. The normalized spacial score (nSPS) is 12.6. The molecule has 0 fully saturated rings. The van der Waals surface area contributed by atoms with Crippen LogP contribution in [0.4, 0.5) is 10.1 Å². The van der Waals surface area contributed by atoms with E-state index in [2.05, 4.69) is 10.3 Å². The first-order valence-electron chi connectivity index (χ1n) is 8.10. The number of halogens is 1. The monoisotopic (exact) mass is 404 g/mol. The first-order chi connectivity index (χ1) is 12.8. The van der Waals surface area contributed by atoms with Crippen molar-refractivity contribution < 1.29 is 17.6 Å². The Labute approximate surface area is 160 Å². The molecule has 8 heteroatoms. The summed E-state index contributed by atoms with van der Waals surface area (Å²) in [6, 6.07) is 11.4. The summed E-state index contributed by atoms with van der Waals surface area (Å²) in [7, 11) is -3.91. The highest BCUT2D eigenvalue weighted by Crippen LogP contribution is 2.24. The van der Waals surface area contributed by atoms with Gasteiger partial charge in [0, 0.05) is 16.6 Å². The second-order valence-corrected chi connectivity index (χ2v) is 9.29. The van der Waals surface area contributed by atoms with Crippen LogP contribution in [0.3, 0.4) is 0 Å². The number of anilines is 1. The van der Waals surface area contributed by atoms with Crippen molar-refractivity contribution in [2.45, 2.75) is 24.0 Å². The highest BCUT2D eigenvalue weighted by molar-refractivity contribution is 7.92. The lowest BCUT2D eigenvalue weighted by Crippen LogP contribution is -2.32. The van der Waals surface area contributed by atoms with Crippen LogP contribution in [0.15, 0.2) is 58.8 Å². The summed E-state index contributed by atoms with van der Waals surface area (Å²) in [6.07, 6.45) is 0. The van der Waals surface area contributed by atoms with Crippen molar-refractivity contribution in [3.8, 4) is 11.3 Å². The first kappa shape index (κ1) is 19.2. The average Bonchev–Trinajstić information content (AvgIpc) is 3.08. The van der Waals surface area contributed by atoms with E-state index in [1.54, 1.807) is 23.5 Å². The molecule has 0 aliphatic heterocycles. The molecular weight excluding hydrogens is 387 g/mol. The molecule has 0 bridgehead atoms. The van der Waals surface area contributed by atoms with E-state index in [1.165, 1.54) is 6.92 Å². The minimum Gasteiger partial charge on any atom is -0.325 e. The van der Waals surface area contributed by atoms with Crippen LogP contribution in [0.5, 0.6) is 0 Å². The average molecular weight is 404 g/mol. The van der Waals surface area contributed by atoms with Crippen molar-refractivity contribution in [2.24, 2.45) is 0 Å². The van der Waals surface area contributed by atoms with Crippen molar-refractivity contribution in [2.75, 3.05) is 5.32 Å². The highest BCUT2D eigenvalue weighted by atomic mass is 32.2. The van der Waals surface area contributed by atoms with Crippen LogP contribution in [0.25, 0.3) is 11.3 Å². The van der Waals surface area contributed by atoms with Gasteiger partial charge in [0.1, 0.15) is 11.1 Å². The van der Waals surface area contributed by atoms with Crippen LogP contribution in [0, 0.1) is 12.7 Å². The summed E-state index contributed by atoms with van der Waals surface area (Å²) in [5, 5.41) is 4.19. The summed E-state index contributed by atoms with van der Waals surface area (Å²) in [5.74, 6) is -1.20. The summed E-state index contributed by atoms with van der Waals surface area (Å²) in [5.41, 5.74) is 2.24. The van der Waals surface area contributed by atoms with Gasteiger partial charge in [0.2, 0.25) is 5.91 Å². The van der Waals surface area contributed by atoms with Crippen molar-refractivity contribution in [1.82, 2.24) is 4.98 Å². The number of nitrogens with one attached hydrogen (secondary N) is 1.